The van der Waals surface area contributed by atoms with E-state index >= 15 is 0 Å². The van der Waals surface area contributed by atoms with Crippen molar-refractivity contribution < 1.29 is 18.7 Å². The first-order valence-corrected chi connectivity index (χ1v) is 9.64. The van der Waals surface area contributed by atoms with Crippen LogP contribution in [0, 0.1) is 5.92 Å². The molecule has 0 radical (unpaired) electrons. The molecule has 1 aliphatic rings. The van der Waals surface area contributed by atoms with Crippen molar-refractivity contribution in [3.8, 4) is 5.75 Å². The third-order valence-corrected chi connectivity index (χ3v) is 5.49. The Balaban J connectivity index is 1.69. The van der Waals surface area contributed by atoms with Gasteiger partial charge in [0.2, 0.25) is 11.8 Å². The van der Waals surface area contributed by atoms with E-state index in [0.29, 0.717) is 30.0 Å². The molecule has 0 spiro atoms. The molecule has 2 heterocycles. The number of benzene rings is 2. The number of hydrogen-bond acceptors (Lipinski definition) is 4. The molecule has 1 aliphatic heterocycles. The third-order valence-electron chi connectivity index (χ3n) is 5.49. The predicted molar refractivity (Wildman–Crippen MR) is 109 cm³/mol. The quantitative estimate of drug-likeness (QED) is 0.682. The van der Waals surface area contributed by atoms with Crippen molar-refractivity contribution in [2.24, 2.45) is 5.92 Å². The number of rotatable bonds is 5. The van der Waals surface area contributed by atoms with Crippen molar-refractivity contribution in [1.82, 2.24) is 5.32 Å². The second kappa shape index (κ2) is 7.19. The van der Waals surface area contributed by atoms with Crippen LogP contribution in [0.2, 0.25) is 0 Å². The fraction of sp³-hybridized carbons (Fsp3) is 0.364. The van der Waals surface area contributed by atoms with Crippen molar-refractivity contribution in [2.75, 3.05) is 18.6 Å². The van der Waals surface area contributed by atoms with Crippen molar-refractivity contribution in [2.45, 2.75) is 32.7 Å². The van der Waals surface area contributed by atoms with Crippen LogP contribution in [-0.4, -0.2) is 31.5 Å². The number of anilines is 1. The van der Waals surface area contributed by atoms with Gasteiger partial charge < -0.3 is 19.4 Å². The van der Waals surface area contributed by atoms with E-state index in [1.165, 1.54) is 0 Å². The molecule has 2 atom stereocenters. The highest BCUT2D eigenvalue weighted by molar-refractivity contribution is 6.12. The molecule has 4 rings (SSSR count). The maximum atomic E-state index is 13.0. The molecule has 6 nitrogen and oxygen atoms in total. The van der Waals surface area contributed by atoms with Crippen molar-refractivity contribution in [1.29, 1.82) is 0 Å². The molecule has 3 aromatic rings. The third kappa shape index (κ3) is 2.99. The smallest absolute Gasteiger partial charge is 0.239 e. The number of fused-ring (bicyclic) bond motifs is 3. The largest absolute Gasteiger partial charge is 0.495 e. The van der Waals surface area contributed by atoms with Gasteiger partial charge in [-0.15, -0.1) is 0 Å². The Morgan fingerprint density at radius 3 is 2.82 bits per heavy atom. The minimum atomic E-state index is -0.662. The SMILES string of the molecule is CC[C@H](C)NC(=O)[C@@H]1CCN(c2cc3oc4ccccc4c3cc2OC)C1=O. The summed E-state index contributed by atoms with van der Waals surface area (Å²) in [5, 5.41) is 4.85. The zero-order valence-corrected chi connectivity index (χ0v) is 16.3. The van der Waals surface area contributed by atoms with Crippen molar-refractivity contribution >= 4 is 39.4 Å². The van der Waals surface area contributed by atoms with Crippen LogP contribution < -0.4 is 15.0 Å². The summed E-state index contributed by atoms with van der Waals surface area (Å²) in [5.41, 5.74) is 2.12. The van der Waals surface area contributed by atoms with Crippen LogP contribution in [0.15, 0.2) is 40.8 Å². The molecular weight excluding hydrogens is 356 g/mol. The van der Waals surface area contributed by atoms with E-state index in [1.807, 2.05) is 50.2 Å². The van der Waals surface area contributed by atoms with Crippen LogP contribution in [0.25, 0.3) is 21.9 Å². The second-order valence-electron chi connectivity index (χ2n) is 7.27. The highest BCUT2D eigenvalue weighted by atomic mass is 16.5. The average molecular weight is 380 g/mol. The monoisotopic (exact) mass is 380 g/mol. The van der Waals surface area contributed by atoms with Gasteiger partial charge in [0.25, 0.3) is 0 Å². The van der Waals surface area contributed by atoms with Crippen molar-refractivity contribution in [3.63, 3.8) is 0 Å². The van der Waals surface area contributed by atoms with Crippen molar-refractivity contribution in [3.05, 3.63) is 36.4 Å². The summed E-state index contributed by atoms with van der Waals surface area (Å²) in [5.74, 6) is -0.472. The Morgan fingerprint density at radius 1 is 1.29 bits per heavy atom. The first-order valence-electron chi connectivity index (χ1n) is 9.64. The molecule has 1 saturated heterocycles. The van der Waals surface area contributed by atoms with Crippen LogP contribution in [0.3, 0.4) is 0 Å². The first kappa shape index (κ1) is 18.3. The molecule has 28 heavy (non-hydrogen) atoms. The molecular formula is C22H24N2O4. The number of ether oxygens (including phenoxy) is 1. The standard InChI is InChI=1S/C22H24N2O4/c1-4-13(2)23-21(25)15-9-10-24(22(15)26)17-12-19-16(11-20(17)27-3)14-7-5-6-8-18(14)28-19/h5-8,11-13,15H,4,9-10H2,1-3H3,(H,23,25)/t13-,15-/m0/s1. The normalized spacial score (nSPS) is 18.0. The summed E-state index contributed by atoms with van der Waals surface area (Å²) in [4.78, 5) is 27.1. The number of hydrogen-bond donors (Lipinski definition) is 1. The molecule has 0 bridgehead atoms. The van der Waals surface area contributed by atoms with E-state index < -0.39 is 5.92 Å². The maximum Gasteiger partial charge on any atom is 0.239 e. The molecule has 0 unspecified atom stereocenters. The van der Waals surface area contributed by atoms with Crippen LogP contribution in [-0.2, 0) is 9.59 Å². The van der Waals surface area contributed by atoms with E-state index in [2.05, 4.69) is 5.32 Å². The van der Waals surface area contributed by atoms with Gasteiger partial charge in [-0.1, -0.05) is 25.1 Å². The Morgan fingerprint density at radius 2 is 2.07 bits per heavy atom. The van der Waals surface area contributed by atoms with Gasteiger partial charge in [0.1, 0.15) is 22.8 Å². The number of carbonyl (C=O) groups is 2. The summed E-state index contributed by atoms with van der Waals surface area (Å²) in [6.45, 7) is 4.41. The lowest BCUT2D eigenvalue weighted by molar-refractivity contribution is -0.132. The molecule has 1 aromatic heterocycles. The maximum absolute atomic E-state index is 13.0. The van der Waals surface area contributed by atoms with Crippen LogP contribution >= 0.6 is 0 Å². The Hall–Kier alpha value is -3.02. The number of furan rings is 1. The van der Waals surface area contributed by atoms with Gasteiger partial charge in [0, 0.05) is 29.4 Å². The van der Waals surface area contributed by atoms with Gasteiger partial charge >= 0.3 is 0 Å². The molecule has 1 N–H and O–H groups in total. The second-order valence-corrected chi connectivity index (χ2v) is 7.27. The molecule has 1 fully saturated rings. The molecule has 6 heteroatoms. The van der Waals surface area contributed by atoms with Crippen LogP contribution in [0.5, 0.6) is 5.75 Å². The van der Waals surface area contributed by atoms with E-state index in [9.17, 15) is 9.59 Å². The summed E-state index contributed by atoms with van der Waals surface area (Å²) < 4.78 is 11.5. The highest BCUT2D eigenvalue weighted by Crippen LogP contribution is 2.40. The number of nitrogens with one attached hydrogen (secondary N) is 1. The highest BCUT2D eigenvalue weighted by Gasteiger charge is 2.39. The number of methoxy groups -OCH3 is 1. The predicted octanol–water partition coefficient (Wildman–Crippen LogP) is 3.86. The minimum absolute atomic E-state index is 0.0517. The number of nitrogens with zero attached hydrogens (tertiary/aromatic N) is 1. The van der Waals surface area contributed by atoms with Gasteiger partial charge in [-0.25, -0.2) is 0 Å². The van der Waals surface area contributed by atoms with E-state index in [0.717, 1.165) is 22.8 Å². The van der Waals surface area contributed by atoms with Gasteiger partial charge in [-0.05, 0) is 31.9 Å². The Bertz CT molecular complexity index is 1060. The van der Waals surface area contributed by atoms with Gasteiger partial charge in [0.05, 0.1) is 12.8 Å². The fourth-order valence-corrected chi connectivity index (χ4v) is 3.72. The van der Waals surface area contributed by atoms with Gasteiger partial charge in [-0.3, -0.25) is 9.59 Å². The van der Waals surface area contributed by atoms with Gasteiger partial charge in [-0.2, -0.15) is 0 Å². The Kier molecular flexibility index (Phi) is 4.71. The van der Waals surface area contributed by atoms with E-state index in [1.54, 1.807) is 12.0 Å². The summed E-state index contributed by atoms with van der Waals surface area (Å²) in [6, 6.07) is 11.6. The lowest BCUT2D eigenvalue weighted by Gasteiger charge is -2.20. The van der Waals surface area contributed by atoms with Crippen LogP contribution in [0.1, 0.15) is 26.7 Å². The fourth-order valence-electron chi connectivity index (χ4n) is 3.72. The zero-order chi connectivity index (χ0) is 19.8. The molecule has 0 aliphatic carbocycles. The molecule has 2 amide bonds. The lowest BCUT2D eigenvalue weighted by Crippen LogP contribution is -2.40. The number of amides is 2. The molecule has 2 aromatic carbocycles. The zero-order valence-electron chi connectivity index (χ0n) is 16.3. The molecule has 0 saturated carbocycles. The topological polar surface area (TPSA) is 71.8 Å². The summed E-state index contributed by atoms with van der Waals surface area (Å²) >= 11 is 0. The molecule has 146 valence electrons. The van der Waals surface area contributed by atoms with E-state index in [4.69, 9.17) is 9.15 Å². The average Bonchev–Trinajstić information content (AvgIpc) is 3.26. The Labute approximate surface area is 163 Å². The first-order chi connectivity index (χ1) is 13.5. The summed E-state index contributed by atoms with van der Waals surface area (Å²) in [7, 11) is 1.58. The van der Waals surface area contributed by atoms with Crippen LogP contribution in [0.4, 0.5) is 5.69 Å². The van der Waals surface area contributed by atoms with E-state index in [-0.39, 0.29) is 17.9 Å². The summed E-state index contributed by atoms with van der Waals surface area (Å²) in [6.07, 6.45) is 1.31. The number of para-hydroxylation sites is 1. The van der Waals surface area contributed by atoms with Gasteiger partial charge in [0.15, 0.2) is 0 Å². The minimum Gasteiger partial charge on any atom is -0.495 e. The number of carbonyl (C=O) groups excluding carboxylic acids is 2. The lowest BCUT2D eigenvalue weighted by atomic mass is 10.1.